The molecule has 0 aliphatic carbocycles. The Hall–Kier alpha value is -1.10. The van der Waals surface area contributed by atoms with Crippen molar-refractivity contribution in [1.82, 2.24) is 9.80 Å². The van der Waals surface area contributed by atoms with Gasteiger partial charge in [-0.2, -0.15) is 0 Å². The highest BCUT2D eigenvalue weighted by Crippen LogP contribution is 2.17. The van der Waals surface area contributed by atoms with Gasteiger partial charge in [0.15, 0.2) is 0 Å². The zero-order valence-electron chi connectivity index (χ0n) is 14.2. The van der Waals surface area contributed by atoms with E-state index in [1.165, 1.54) is 11.1 Å². The first-order chi connectivity index (χ1) is 10.6. The Balaban J connectivity index is 0.00000264. The molecule has 130 valence electrons. The normalized spacial score (nSPS) is 16.3. The monoisotopic (exact) mass is 340 g/mol. The van der Waals surface area contributed by atoms with Crippen molar-refractivity contribution >= 4 is 18.4 Å². The first-order valence-corrected chi connectivity index (χ1v) is 8.32. The molecule has 1 N–H and O–H groups in total. The van der Waals surface area contributed by atoms with Crippen LogP contribution in [0.1, 0.15) is 30.9 Å². The fourth-order valence-corrected chi connectivity index (χ4v) is 3.22. The molecule has 4 nitrogen and oxygen atoms in total. The average molecular weight is 341 g/mol. The lowest BCUT2D eigenvalue weighted by Gasteiger charge is -2.37. The number of halogens is 1. The van der Waals surface area contributed by atoms with Crippen LogP contribution in [0.3, 0.4) is 0 Å². The number of carbonyl (C=O) groups is 1. The Labute approximate surface area is 145 Å². The molecule has 23 heavy (non-hydrogen) atoms. The van der Waals surface area contributed by atoms with Gasteiger partial charge in [-0.15, -0.1) is 12.4 Å². The van der Waals surface area contributed by atoms with E-state index in [2.05, 4.69) is 41.0 Å². The molecule has 0 saturated carbocycles. The van der Waals surface area contributed by atoms with E-state index in [0.717, 1.165) is 45.4 Å². The molecule has 1 fully saturated rings. The van der Waals surface area contributed by atoms with Crippen LogP contribution in [0.5, 0.6) is 0 Å². The van der Waals surface area contributed by atoms with E-state index in [0.29, 0.717) is 6.04 Å². The number of aryl methyl sites for hydroxylation is 1. The number of benzene rings is 1. The van der Waals surface area contributed by atoms with E-state index in [4.69, 9.17) is 5.11 Å². The molecule has 0 atom stereocenters. The average Bonchev–Trinajstić information content (AvgIpc) is 2.52. The molecule has 0 spiro atoms. The number of piperidine rings is 1. The number of rotatable bonds is 7. The van der Waals surface area contributed by atoms with Crippen molar-refractivity contribution in [2.75, 3.05) is 32.7 Å². The van der Waals surface area contributed by atoms with Crippen LogP contribution in [-0.2, 0) is 11.2 Å². The van der Waals surface area contributed by atoms with Crippen molar-refractivity contribution < 1.29 is 9.90 Å². The van der Waals surface area contributed by atoms with Crippen LogP contribution >= 0.6 is 12.4 Å². The van der Waals surface area contributed by atoms with Gasteiger partial charge in [-0.1, -0.05) is 36.8 Å². The molecule has 5 heteroatoms. The lowest BCUT2D eigenvalue weighted by atomic mass is 10.0. The molecule has 0 aromatic heterocycles. The summed E-state index contributed by atoms with van der Waals surface area (Å²) in [4.78, 5) is 15.5. The van der Waals surface area contributed by atoms with Gasteiger partial charge in [-0.05, 0) is 51.4 Å². The van der Waals surface area contributed by atoms with Gasteiger partial charge < -0.3 is 10.0 Å². The topological polar surface area (TPSA) is 43.8 Å². The number of aliphatic carboxylic acids is 1. The van der Waals surface area contributed by atoms with Crippen LogP contribution in [0, 0.1) is 6.92 Å². The van der Waals surface area contributed by atoms with Crippen LogP contribution in [0.4, 0.5) is 0 Å². The molecule has 1 saturated heterocycles. The predicted octanol–water partition coefficient (Wildman–Crippen LogP) is 2.83. The molecule has 0 unspecified atom stereocenters. The van der Waals surface area contributed by atoms with Crippen molar-refractivity contribution in [3.8, 4) is 0 Å². The highest BCUT2D eigenvalue weighted by Gasteiger charge is 2.24. The molecule has 1 heterocycles. The Morgan fingerprint density at radius 2 is 1.87 bits per heavy atom. The molecule has 2 rings (SSSR count). The Kier molecular flexibility index (Phi) is 8.59. The van der Waals surface area contributed by atoms with Crippen molar-refractivity contribution in [2.24, 2.45) is 0 Å². The van der Waals surface area contributed by atoms with E-state index in [9.17, 15) is 4.79 Å². The maximum atomic E-state index is 10.9. The van der Waals surface area contributed by atoms with Gasteiger partial charge in [0.05, 0.1) is 6.54 Å². The summed E-state index contributed by atoms with van der Waals surface area (Å²) >= 11 is 0. The third-order valence-corrected chi connectivity index (χ3v) is 4.66. The van der Waals surface area contributed by atoms with Crippen LogP contribution < -0.4 is 0 Å². The minimum Gasteiger partial charge on any atom is -0.480 e. The van der Waals surface area contributed by atoms with E-state index in [1.807, 2.05) is 6.92 Å². The lowest BCUT2D eigenvalue weighted by Crippen LogP contribution is -2.46. The van der Waals surface area contributed by atoms with Crippen molar-refractivity contribution in [2.45, 2.75) is 39.2 Å². The van der Waals surface area contributed by atoms with Gasteiger partial charge in [-0.25, -0.2) is 0 Å². The second-order valence-corrected chi connectivity index (χ2v) is 6.27. The third kappa shape index (κ3) is 6.50. The third-order valence-electron chi connectivity index (χ3n) is 4.66. The maximum Gasteiger partial charge on any atom is 0.317 e. The molecular weight excluding hydrogens is 312 g/mol. The first-order valence-electron chi connectivity index (χ1n) is 8.32. The second kappa shape index (κ2) is 9.91. The molecule has 0 bridgehead atoms. The van der Waals surface area contributed by atoms with Crippen LogP contribution in [0.2, 0.25) is 0 Å². The Morgan fingerprint density at radius 1 is 1.26 bits per heavy atom. The summed E-state index contributed by atoms with van der Waals surface area (Å²) in [6.07, 6.45) is 3.25. The number of carboxylic acids is 1. The highest BCUT2D eigenvalue weighted by atomic mass is 35.5. The van der Waals surface area contributed by atoms with Crippen molar-refractivity contribution in [3.63, 3.8) is 0 Å². The summed E-state index contributed by atoms with van der Waals surface area (Å²) in [6.45, 7) is 8.41. The van der Waals surface area contributed by atoms with Crippen LogP contribution in [0.25, 0.3) is 0 Å². The zero-order valence-corrected chi connectivity index (χ0v) is 15.0. The number of nitrogens with zero attached hydrogens (tertiary/aromatic N) is 2. The highest BCUT2D eigenvalue weighted by molar-refractivity contribution is 5.85. The Bertz CT molecular complexity index is 470. The van der Waals surface area contributed by atoms with Gasteiger partial charge in [0.25, 0.3) is 0 Å². The summed E-state index contributed by atoms with van der Waals surface area (Å²) in [5, 5.41) is 8.98. The smallest absolute Gasteiger partial charge is 0.317 e. The SMILES string of the molecule is CCN(CC(=O)O)C1CCN(CCc2ccc(C)cc2)CC1.Cl. The van der Waals surface area contributed by atoms with Crippen molar-refractivity contribution in [1.29, 1.82) is 0 Å². The number of hydrogen-bond donors (Lipinski definition) is 1. The number of hydrogen-bond acceptors (Lipinski definition) is 3. The number of carboxylic acid groups (broad SMARTS) is 1. The largest absolute Gasteiger partial charge is 0.480 e. The Morgan fingerprint density at radius 3 is 2.39 bits per heavy atom. The number of likely N-dealkylation sites (tertiary alicyclic amines) is 1. The summed E-state index contributed by atoms with van der Waals surface area (Å²) in [5.41, 5.74) is 2.71. The molecule has 0 radical (unpaired) electrons. The van der Waals surface area contributed by atoms with Gasteiger partial charge in [0.2, 0.25) is 0 Å². The predicted molar refractivity (Wildman–Crippen MR) is 96.5 cm³/mol. The molecular formula is C18H29ClN2O2. The quantitative estimate of drug-likeness (QED) is 0.829. The van der Waals surface area contributed by atoms with Gasteiger partial charge in [0, 0.05) is 12.6 Å². The minimum atomic E-state index is -0.719. The molecule has 0 amide bonds. The molecule has 1 aromatic carbocycles. The summed E-state index contributed by atoms with van der Waals surface area (Å²) < 4.78 is 0. The zero-order chi connectivity index (χ0) is 15.9. The maximum absolute atomic E-state index is 10.9. The van der Waals surface area contributed by atoms with E-state index in [-0.39, 0.29) is 19.0 Å². The molecule has 1 aliphatic rings. The number of likely N-dealkylation sites (N-methyl/N-ethyl adjacent to an activating group) is 1. The second-order valence-electron chi connectivity index (χ2n) is 6.27. The summed E-state index contributed by atoms with van der Waals surface area (Å²) in [6, 6.07) is 9.21. The van der Waals surface area contributed by atoms with Gasteiger partial charge >= 0.3 is 5.97 Å². The van der Waals surface area contributed by atoms with Gasteiger partial charge in [0.1, 0.15) is 0 Å². The van der Waals surface area contributed by atoms with Gasteiger partial charge in [-0.3, -0.25) is 9.69 Å². The van der Waals surface area contributed by atoms with E-state index in [1.54, 1.807) is 0 Å². The minimum absolute atomic E-state index is 0. The molecule has 1 aliphatic heterocycles. The standard InChI is InChI=1S/C18H28N2O2.ClH/c1-3-20(14-18(21)22)17-9-12-19(13-10-17)11-8-16-6-4-15(2)5-7-16;/h4-7,17H,3,8-14H2,1-2H3,(H,21,22);1H. The summed E-state index contributed by atoms with van der Waals surface area (Å²) in [7, 11) is 0. The van der Waals surface area contributed by atoms with Crippen LogP contribution in [0.15, 0.2) is 24.3 Å². The first kappa shape index (κ1) is 19.9. The lowest BCUT2D eigenvalue weighted by molar-refractivity contribution is -0.139. The van der Waals surface area contributed by atoms with Crippen LogP contribution in [-0.4, -0.2) is 59.6 Å². The fourth-order valence-electron chi connectivity index (χ4n) is 3.22. The van der Waals surface area contributed by atoms with E-state index < -0.39 is 5.97 Å². The summed E-state index contributed by atoms with van der Waals surface area (Å²) in [5.74, 6) is -0.719. The van der Waals surface area contributed by atoms with Crippen molar-refractivity contribution in [3.05, 3.63) is 35.4 Å². The van der Waals surface area contributed by atoms with E-state index >= 15 is 0 Å². The fraction of sp³-hybridized carbons (Fsp3) is 0.611. The molecule has 1 aromatic rings.